The molecule has 1 amide bonds. The third-order valence-corrected chi connectivity index (χ3v) is 3.27. The molecule has 1 aromatic heterocycles. The first kappa shape index (κ1) is 15.1. The Hall–Kier alpha value is -2.28. The molecule has 0 atom stereocenters. The zero-order valence-electron chi connectivity index (χ0n) is 11.5. The maximum Gasteiger partial charge on any atom is 0.229 e. The fraction of sp³-hybridized carbons (Fsp3) is 0.214. The van der Waals surface area contributed by atoms with E-state index < -0.39 is 10.0 Å². The molecular formula is C14H16N2O4S. The predicted octanol–water partition coefficient (Wildman–Crippen LogP) is 2.22. The van der Waals surface area contributed by atoms with E-state index in [-0.39, 0.29) is 12.3 Å². The summed E-state index contributed by atoms with van der Waals surface area (Å²) in [5.41, 5.74) is 0.763. The minimum absolute atomic E-state index is 0.214. The first-order valence-corrected chi connectivity index (χ1v) is 8.22. The molecule has 2 rings (SSSR count). The Bertz CT molecular complexity index is 708. The van der Waals surface area contributed by atoms with Gasteiger partial charge in [0, 0.05) is 12.8 Å². The second kappa shape index (κ2) is 6.45. The Morgan fingerprint density at radius 1 is 1.14 bits per heavy atom. The van der Waals surface area contributed by atoms with E-state index in [4.69, 9.17) is 4.42 Å². The van der Waals surface area contributed by atoms with Crippen LogP contribution >= 0.6 is 0 Å². The van der Waals surface area contributed by atoms with Crippen LogP contribution in [0.4, 0.5) is 11.4 Å². The zero-order chi connectivity index (χ0) is 15.3. The second-order valence-electron chi connectivity index (χ2n) is 4.55. The predicted molar refractivity (Wildman–Crippen MR) is 80.6 cm³/mol. The summed E-state index contributed by atoms with van der Waals surface area (Å²) in [6.07, 6.45) is 3.35. The molecule has 0 bridgehead atoms. The average Bonchev–Trinajstić information content (AvgIpc) is 2.90. The van der Waals surface area contributed by atoms with Gasteiger partial charge in [0.1, 0.15) is 5.76 Å². The Morgan fingerprint density at radius 2 is 1.86 bits per heavy atom. The largest absolute Gasteiger partial charge is 0.469 e. The molecule has 0 spiro atoms. The second-order valence-corrected chi connectivity index (χ2v) is 6.30. The van der Waals surface area contributed by atoms with Gasteiger partial charge in [-0.15, -0.1) is 0 Å². The van der Waals surface area contributed by atoms with Gasteiger partial charge in [0.2, 0.25) is 15.9 Å². The highest BCUT2D eigenvalue weighted by Crippen LogP contribution is 2.22. The van der Waals surface area contributed by atoms with Gasteiger partial charge in [-0.2, -0.15) is 0 Å². The van der Waals surface area contributed by atoms with Gasteiger partial charge in [-0.25, -0.2) is 8.42 Å². The maximum absolute atomic E-state index is 11.9. The molecule has 2 N–H and O–H groups in total. The fourth-order valence-corrected chi connectivity index (χ4v) is 2.36. The van der Waals surface area contributed by atoms with Crippen molar-refractivity contribution in [2.45, 2.75) is 12.8 Å². The van der Waals surface area contributed by atoms with Gasteiger partial charge in [0.25, 0.3) is 0 Å². The van der Waals surface area contributed by atoms with Crippen molar-refractivity contribution in [1.82, 2.24) is 0 Å². The SMILES string of the molecule is CS(=O)(=O)Nc1ccccc1NC(=O)CCc1ccco1. The lowest BCUT2D eigenvalue weighted by atomic mass is 10.2. The van der Waals surface area contributed by atoms with Crippen molar-refractivity contribution in [1.29, 1.82) is 0 Å². The fourth-order valence-electron chi connectivity index (χ4n) is 1.79. The van der Waals surface area contributed by atoms with E-state index in [0.29, 0.717) is 17.8 Å². The third kappa shape index (κ3) is 4.96. The van der Waals surface area contributed by atoms with Gasteiger partial charge in [0.05, 0.1) is 23.9 Å². The number of aryl methyl sites for hydroxylation is 1. The molecule has 0 aliphatic rings. The van der Waals surface area contributed by atoms with Gasteiger partial charge in [-0.3, -0.25) is 9.52 Å². The lowest BCUT2D eigenvalue weighted by Gasteiger charge is -2.11. The number of hydrogen-bond donors (Lipinski definition) is 2. The number of hydrogen-bond acceptors (Lipinski definition) is 4. The molecule has 0 saturated heterocycles. The first-order valence-electron chi connectivity index (χ1n) is 6.33. The van der Waals surface area contributed by atoms with Crippen LogP contribution in [0.3, 0.4) is 0 Å². The van der Waals surface area contributed by atoms with Crippen LogP contribution in [-0.2, 0) is 21.2 Å². The van der Waals surface area contributed by atoms with Crippen LogP contribution in [0.1, 0.15) is 12.2 Å². The van der Waals surface area contributed by atoms with Gasteiger partial charge in [-0.1, -0.05) is 12.1 Å². The van der Waals surface area contributed by atoms with E-state index in [0.717, 1.165) is 12.0 Å². The van der Waals surface area contributed by atoms with Crippen LogP contribution in [0.15, 0.2) is 47.1 Å². The molecule has 6 nitrogen and oxygen atoms in total. The normalized spacial score (nSPS) is 11.1. The monoisotopic (exact) mass is 308 g/mol. The number of anilines is 2. The quantitative estimate of drug-likeness (QED) is 0.856. The number of carbonyl (C=O) groups is 1. The molecule has 0 aliphatic carbocycles. The molecule has 0 radical (unpaired) electrons. The van der Waals surface area contributed by atoms with Crippen molar-refractivity contribution >= 4 is 27.3 Å². The number of carbonyl (C=O) groups excluding carboxylic acids is 1. The highest BCUT2D eigenvalue weighted by Gasteiger charge is 2.10. The molecule has 21 heavy (non-hydrogen) atoms. The zero-order valence-corrected chi connectivity index (χ0v) is 12.3. The number of nitrogens with one attached hydrogen (secondary N) is 2. The van der Waals surface area contributed by atoms with Crippen molar-refractivity contribution in [2.75, 3.05) is 16.3 Å². The van der Waals surface area contributed by atoms with Crippen LogP contribution < -0.4 is 10.0 Å². The first-order chi connectivity index (χ1) is 9.94. The number of benzene rings is 1. The van der Waals surface area contributed by atoms with Crippen molar-refractivity contribution in [3.05, 3.63) is 48.4 Å². The molecule has 112 valence electrons. The minimum atomic E-state index is -3.40. The number of para-hydroxylation sites is 2. The molecule has 0 aliphatic heterocycles. The van der Waals surface area contributed by atoms with E-state index in [1.54, 1.807) is 42.7 Å². The van der Waals surface area contributed by atoms with Crippen LogP contribution in [0, 0.1) is 0 Å². The highest BCUT2D eigenvalue weighted by molar-refractivity contribution is 7.92. The summed E-state index contributed by atoms with van der Waals surface area (Å²) in [6, 6.07) is 10.2. The molecule has 0 saturated carbocycles. The molecular weight excluding hydrogens is 292 g/mol. The van der Waals surface area contributed by atoms with Crippen molar-refractivity contribution in [3.63, 3.8) is 0 Å². The maximum atomic E-state index is 11.9. The van der Waals surface area contributed by atoms with E-state index in [1.807, 2.05) is 0 Å². The molecule has 1 heterocycles. The van der Waals surface area contributed by atoms with Crippen LogP contribution in [0.2, 0.25) is 0 Å². The topological polar surface area (TPSA) is 88.4 Å². The minimum Gasteiger partial charge on any atom is -0.469 e. The van der Waals surface area contributed by atoms with Crippen LogP contribution in [0.5, 0.6) is 0 Å². The Morgan fingerprint density at radius 3 is 2.48 bits per heavy atom. The summed E-state index contributed by atoms with van der Waals surface area (Å²) >= 11 is 0. The van der Waals surface area contributed by atoms with E-state index in [2.05, 4.69) is 10.0 Å². The lowest BCUT2D eigenvalue weighted by molar-refractivity contribution is -0.116. The van der Waals surface area contributed by atoms with Crippen LogP contribution in [0.25, 0.3) is 0 Å². The third-order valence-electron chi connectivity index (χ3n) is 2.68. The summed E-state index contributed by atoms with van der Waals surface area (Å²) in [5.74, 6) is 0.516. The van der Waals surface area contributed by atoms with E-state index in [1.165, 1.54) is 0 Å². The van der Waals surface area contributed by atoms with Crippen molar-refractivity contribution in [3.8, 4) is 0 Å². The summed E-state index contributed by atoms with van der Waals surface area (Å²) < 4.78 is 30.1. The van der Waals surface area contributed by atoms with Crippen molar-refractivity contribution < 1.29 is 17.6 Å². The van der Waals surface area contributed by atoms with Gasteiger partial charge in [0.15, 0.2) is 0 Å². The molecule has 1 aromatic carbocycles. The number of rotatable bonds is 6. The molecule has 0 fully saturated rings. The van der Waals surface area contributed by atoms with E-state index in [9.17, 15) is 13.2 Å². The summed E-state index contributed by atoms with van der Waals surface area (Å²) in [5, 5.41) is 2.69. The average molecular weight is 308 g/mol. The number of sulfonamides is 1. The number of amides is 1. The van der Waals surface area contributed by atoms with Gasteiger partial charge < -0.3 is 9.73 Å². The Labute approximate surface area is 123 Å². The Kier molecular flexibility index (Phi) is 4.64. The Balaban J connectivity index is 2.00. The van der Waals surface area contributed by atoms with E-state index >= 15 is 0 Å². The number of furan rings is 1. The van der Waals surface area contributed by atoms with Crippen molar-refractivity contribution in [2.24, 2.45) is 0 Å². The van der Waals surface area contributed by atoms with Gasteiger partial charge in [-0.05, 0) is 24.3 Å². The lowest BCUT2D eigenvalue weighted by Crippen LogP contribution is -2.16. The molecule has 2 aromatic rings. The molecule has 0 unspecified atom stereocenters. The van der Waals surface area contributed by atoms with Crippen LogP contribution in [-0.4, -0.2) is 20.6 Å². The highest BCUT2D eigenvalue weighted by atomic mass is 32.2. The summed E-state index contributed by atoms with van der Waals surface area (Å²) in [6.45, 7) is 0. The summed E-state index contributed by atoms with van der Waals surface area (Å²) in [4.78, 5) is 11.9. The smallest absolute Gasteiger partial charge is 0.229 e. The molecule has 7 heteroatoms. The summed E-state index contributed by atoms with van der Waals surface area (Å²) in [7, 11) is -3.40. The van der Waals surface area contributed by atoms with Gasteiger partial charge >= 0.3 is 0 Å². The standard InChI is InChI=1S/C14H16N2O4S/c1-21(18,19)16-13-7-3-2-6-12(13)15-14(17)9-8-11-5-4-10-20-11/h2-7,10,16H,8-9H2,1H3,(H,15,17).